The van der Waals surface area contributed by atoms with Crippen molar-refractivity contribution in [3.8, 4) is 0 Å². The smallest absolute Gasteiger partial charge is 0.341 e. The number of benzene rings is 1. The van der Waals surface area contributed by atoms with Gasteiger partial charge in [-0.1, -0.05) is 41.9 Å². The van der Waals surface area contributed by atoms with E-state index in [0.717, 1.165) is 4.31 Å². The van der Waals surface area contributed by atoms with Gasteiger partial charge in [-0.25, -0.2) is 13.4 Å². The molecule has 2 heterocycles. The quantitative estimate of drug-likeness (QED) is 0.690. The lowest BCUT2D eigenvalue weighted by molar-refractivity contribution is -0.165. The number of rotatable bonds is 5. The lowest BCUT2D eigenvalue weighted by atomic mass is 9.96. The van der Waals surface area contributed by atoms with Crippen LogP contribution in [0.1, 0.15) is 24.4 Å². The van der Waals surface area contributed by atoms with Gasteiger partial charge in [0, 0.05) is 25.2 Å². The van der Waals surface area contributed by atoms with Crippen LogP contribution in [0, 0.1) is 5.92 Å². The number of nitrogens with zero attached hydrogens (tertiary/aromatic N) is 2. The fourth-order valence-corrected chi connectivity index (χ4v) is 5.22. The highest BCUT2D eigenvalue weighted by Gasteiger charge is 2.43. The molecule has 11 heteroatoms. The third kappa shape index (κ3) is 4.93. The lowest BCUT2D eigenvalue weighted by Gasteiger charge is -2.32. The van der Waals surface area contributed by atoms with Gasteiger partial charge in [-0.3, -0.25) is 4.79 Å². The first-order valence-corrected chi connectivity index (χ1v) is 10.9. The number of nitrogens with one attached hydrogen (secondary N) is 1. The van der Waals surface area contributed by atoms with E-state index in [0.29, 0.717) is 0 Å². The van der Waals surface area contributed by atoms with Crippen molar-refractivity contribution in [3.05, 3.63) is 59.4 Å². The Bertz CT molecular complexity index is 995. The molecule has 0 radical (unpaired) electrons. The van der Waals surface area contributed by atoms with Gasteiger partial charge >= 0.3 is 6.18 Å². The lowest BCUT2D eigenvalue weighted by Crippen LogP contribution is -2.46. The van der Waals surface area contributed by atoms with Crippen LogP contribution < -0.4 is 5.32 Å². The first-order valence-electron chi connectivity index (χ1n) is 9.13. The zero-order valence-electron chi connectivity index (χ0n) is 15.6. The molecule has 0 spiro atoms. The van der Waals surface area contributed by atoms with Crippen molar-refractivity contribution >= 4 is 27.5 Å². The van der Waals surface area contributed by atoms with Gasteiger partial charge in [0.1, 0.15) is 10.0 Å². The van der Waals surface area contributed by atoms with Crippen LogP contribution in [0.25, 0.3) is 0 Å². The number of carbonyl (C=O) groups is 1. The summed E-state index contributed by atoms with van der Waals surface area (Å²) in [6.07, 6.45) is -3.09. The van der Waals surface area contributed by atoms with Gasteiger partial charge < -0.3 is 5.32 Å². The first-order chi connectivity index (χ1) is 14.1. The maximum Gasteiger partial charge on any atom is 0.412 e. The maximum absolute atomic E-state index is 13.5. The van der Waals surface area contributed by atoms with Crippen molar-refractivity contribution in [2.45, 2.75) is 30.0 Å². The minimum Gasteiger partial charge on any atom is -0.341 e. The van der Waals surface area contributed by atoms with Crippen molar-refractivity contribution in [2.24, 2.45) is 5.92 Å². The van der Waals surface area contributed by atoms with Gasteiger partial charge in [0.05, 0.1) is 0 Å². The molecule has 6 nitrogen and oxygen atoms in total. The second-order valence-electron chi connectivity index (χ2n) is 6.86. The van der Waals surface area contributed by atoms with Crippen LogP contribution in [0.15, 0.2) is 53.6 Å². The molecule has 0 aliphatic carbocycles. The molecule has 0 bridgehead atoms. The molecule has 1 unspecified atom stereocenters. The van der Waals surface area contributed by atoms with E-state index in [-0.39, 0.29) is 41.5 Å². The average Bonchev–Trinajstić information content (AvgIpc) is 2.72. The van der Waals surface area contributed by atoms with E-state index in [2.05, 4.69) is 10.3 Å². The number of carbonyl (C=O) groups excluding carboxylic acids is 1. The van der Waals surface area contributed by atoms with E-state index in [9.17, 15) is 26.4 Å². The summed E-state index contributed by atoms with van der Waals surface area (Å²) in [5.74, 6) is -1.48. The largest absolute Gasteiger partial charge is 0.412 e. The number of pyridine rings is 1. The standard InChI is InChI=1S/C19H19ClF3N3O3S/c20-17-15(7-4-10-24-17)30(28,29)26-11-8-14(9-12-26)18(27)25-16(19(21,22)23)13-5-2-1-3-6-13/h1-7,10,14,16H,8-9,11-12H2,(H,25,27). The Morgan fingerprint density at radius 2 is 1.77 bits per heavy atom. The fraction of sp³-hybridized carbons (Fsp3) is 0.368. The molecule has 1 amide bonds. The minimum atomic E-state index is -4.65. The number of sulfonamides is 1. The van der Waals surface area contributed by atoms with E-state index < -0.39 is 34.1 Å². The number of hydrogen-bond acceptors (Lipinski definition) is 4. The summed E-state index contributed by atoms with van der Waals surface area (Å²) < 4.78 is 67.0. The number of alkyl halides is 3. The fourth-order valence-electron chi connectivity index (χ4n) is 3.32. The summed E-state index contributed by atoms with van der Waals surface area (Å²) in [6.45, 7) is -0.0126. The van der Waals surface area contributed by atoms with Crippen LogP contribution >= 0.6 is 11.6 Å². The summed E-state index contributed by atoms with van der Waals surface area (Å²) in [6, 6.07) is 7.76. The summed E-state index contributed by atoms with van der Waals surface area (Å²) >= 11 is 5.88. The molecule has 1 aliphatic rings. The predicted octanol–water partition coefficient (Wildman–Crippen LogP) is 3.56. The van der Waals surface area contributed by atoms with Crippen LogP contribution in [-0.2, 0) is 14.8 Å². The van der Waals surface area contributed by atoms with Crippen LogP contribution in [-0.4, -0.2) is 42.9 Å². The molecule has 162 valence electrons. The van der Waals surface area contributed by atoms with E-state index in [4.69, 9.17) is 11.6 Å². The van der Waals surface area contributed by atoms with Gasteiger partial charge in [-0.2, -0.15) is 17.5 Å². The second-order valence-corrected chi connectivity index (χ2v) is 9.13. The number of aromatic nitrogens is 1. The van der Waals surface area contributed by atoms with Crippen LogP contribution in [0.2, 0.25) is 5.15 Å². The molecule has 1 saturated heterocycles. The molecule has 0 saturated carbocycles. The summed E-state index contributed by atoms with van der Waals surface area (Å²) in [4.78, 5) is 16.1. The van der Waals surface area contributed by atoms with Gasteiger partial charge in [0.15, 0.2) is 6.04 Å². The number of amides is 1. The van der Waals surface area contributed by atoms with E-state index in [1.807, 2.05) is 0 Å². The van der Waals surface area contributed by atoms with Crippen molar-refractivity contribution in [1.29, 1.82) is 0 Å². The first kappa shape index (κ1) is 22.5. The normalized spacial score (nSPS) is 17.5. The van der Waals surface area contributed by atoms with Crippen LogP contribution in [0.5, 0.6) is 0 Å². The second kappa shape index (κ2) is 8.91. The van der Waals surface area contributed by atoms with Gasteiger partial charge in [0.2, 0.25) is 15.9 Å². The molecule has 1 atom stereocenters. The number of halogens is 4. The molecule has 30 heavy (non-hydrogen) atoms. The van der Waals surface area contributed by atoms with Crippen molar-refractivity contribution < 1.29 is 26.4 Å². The van der Waals surface area contributed by atoms with E-state index in [1.54, 1.807) is 6.07 Å². The van der Waals surface area contributed by atoms with E-state index in [1.165, 1.54) is 42.6 Å². The minimum absolute atomic E-state index is 0.00629. The topological polar surface area (TPSA) is 79.4 Å². The van der Waals surface area contributed by atoms with Crippen molar-refractivity contribution in [3.63, 3.8) is 0 Å². The average molecular weight is 462 g/mol. The number of piperidine rings is 1. The molecule has 1 aromatic carbocycles. The zero-order chi connectivity index (χ0) is 21.9. The SMILES string of the molecule is O=C(NC(c1ccccc1)C(F)(F)F)C1CCN(S(=O)(=O)c2cccnc2Cl)CC1. The summed E-state index contributed by atoms with van der Waals surface area (Å²) in [5, 5.41) is 1.92. The Morgan fingerprint density at radius 3 is 2.33 bits per heavy atom. The van der Waals surface area contributed by atoms with Crippen molar-refractivity contribution in [1.82, 2.24) is 14.6 Å². The number of hydrogen-bond donors (Lipinski definition) is 1. The summed E-state index contributed by atoms with van der Waals surface area (Å²) in [5.41, 5.74) is -0.0652. The van der Waals surface area contributed by atoms with Gasteiger partial charge in [-0.05, 0) is 30.5 Å². The van der Waals surface area contributed by atoms with Gasteiger partial charge in [0.25, 0.3) is 0 Å². The highest BCUT2D eigenvalue weighted by Crippen LogP contribution is 2.34. The summed E-state index contributed by atoms with van der Waals surface area (Å²) in [7, 11) is -3.90. The molecular weight excluding hydrogens is 443 g/mol. The highest BCUT2D eigenvalue weighted by molar-refractivity contribution is 7.89. The molecule has 1 aromatic heterocycles. The Balaban J connectivity index is 1.67. The Hall–Kier alpha value is -2.17. The zero-order valence-corrected chi connectivity index (χ0v) is 17.2. The van der Waals surface area contributed by atoms with Gasteiger partial charge in [-0.15, -0.1) is 0 Å². The maximum atomic E-state index is 13.5. The molecule has 1 aliphatic heterocycles. The third-order valence-corrected chi connectivity index (χ3v) is 7.26. The molecule has 1 fully saturated rings. The van der Waals surface area contributed by atoms with E-state index >= 15 is 0 Å². The predicted molar refractivity (Wildman–Crippen MR) is 104 cm³/mol. The third-order valence-electron chi connectivity index (χ3n) is 4.91. The monoisotopic (exact) mass is 461 g/mol. The molecular formula is C19H19ClF3N3O3S. The molecule has 2 aromatic rings. The molecule has 3 rings (SSSR count). The van der Waals surface area contributed by atoms with Crippen LogP contribution in [0.4, 0.5) is 13.2 Å². The Labute approximate surface area is 177 Å². The Morgan fingerprint density at radius 1 is 1.13 bits per heavy atom. The Kier molecular flexibility index (Phi) is 6.68. The highest BCUT2D eigenvalue weighted by atomic mass is 35.5. The van der Waals surface area contributed by atoms with Crippen molar-refractivity contribution in [2.75, 3.05) is 13.1 Å². The molecule has 1 N–H and O–H groups in total. The van der Waals surface area contributed by atoms with Crippen LogP contribution in [0.3, 0.4) is 0 Å².